The Labute approximate surface area is 127 Å². The lowest BCUT2D eigenvalue weighted by Gasteiger charge is -2.06. The van der Waals surface area contributed by atoms with E-state index in [-0.39, 0.29) is 0 Å². The average Bonchev–Trinajstić information content (AvgIpc) is 2.96. The Bertz CT molecular complexity index is 762. The van der Waals surface area contributed by atoms with Gasteiger partial charge in [0.25, 0.3) is 0 Å². The van der Waals surface area contributed by atoms with E-state index in [1.807, 2.05) is 20.0 Å². The van der Waals surface area contributed by atoms with Crippen LogP contribution in [0.1, 0.15) is 11.3 Å². The number of hydrogen-bond acceptors (Lipinski definition) is 5. The zero-order chi connectivity index (χ0) is 14.8. The van der Waals surface area contributed by atoms with Crippen LogP contribution < -0.4 is 5.32 Å². The third-order valence-electron chi connectivity index (χ3n) is 3.30. The third-order valence-corrected chi connectivity index (χ3v) is 4.28. The van der Waals surface area contributed by atoms with Crippen LogP contribution in [0.25, 0.3) is 21.8 Å². The molecule has 0 fully saturated rings. The summed E-state index contributed by atoms with van der Waals surface area (Å²) < 4.78 is 0. The van der Waals surface area contributed by atoms with E-state index in [2.05, 4.69) is 52.8 Å². The molecule has 3 aromatic rings. The highest BCUT2D eigenvalue weighted by atomic mass is 32.1. The van der Waals surface area contributed by atoms with Gasteiger partial charge in [-0.05, 0) is 26.0 Å². The van der Waals surface area contributed by atoms with E-state index in [0.717, 1.165) is 32.7 Å². The minimum atomic E-state index is 0.812. The molecule has 3 rings (SSSR count). The van der Waals surface area contributed by atoms with E-state index in [1.165, 1.54) is 16.9 Å². The van der Waals surface area contributed by atoms with Gasteiger partial charge in [0.15, 0.2) is 5.01 Å². The number of hydrogen-bond donors (Lipinski definition) is 1. The quantitative estimate of drug-likeness (QED) is 0.795. The molecule has 0 radical (unpaired) electrons. The van der Waals surface area contributed by atoms with E-state index >= 15 is 0 Å². The van der Waals surface area contributed by atoms with Crippen molar-refractivity contribution < 1.29 is 0 Å². The van der Waals surface area contributed by atoms with Crippen molar-refractivity contribution in [2.24, 2.45) is 0 Å². The molecular formula is C16H16N4S. The fourth-order valence-corrected chi connectivity index (χ4v) is 2.88. The number of nitrogens with zero attached hydrogens (tertiary/aromatic N) is 3. The number of rotatable bonds is 3. The monoisotopic (exact) mass is 296 g/mol. The van der Waals surface area contributed by atoms with Gasteiger partial charge in [0, 0.05) is 23.9 Å². The molecule has 5 heteroatoms. The van der Waals surface area contributed by atoms with Gasteiger partial charge in [0.05, 0.1) is 5.69 Å². The van der Waals surface area contributed by atoms with Crippen molar-refractivity contribution in [1.29, 1.82) is 0 Å². The van der Waals surface area contributed by atoms with E-state index in [4.69, 9.17) is 4.98 Å². The Kier molecular flexibility index (Phi) is 3.66. The maximum atomic E-state index is 4.70. The molecule has 0 spiro atoms. The molecule has 0 aliphatic rings. The summed E-state index contributed by atoms with van der Waals surface area (Å²) in [5, 5.41) is 13.0. The van der Waals surface area contributed by atoms with Crippen LogP contribution in [0.3, 0.4) is 0 Å². The summed E-state index contributed by atoms with van der Waals surface area (Å²) in [6.45, 7) is 4.09. The highest BCUT2D eigenvalue weighted by molar-refractivity contribution is 7.18. The van der Waals surface area contributed by atoms with Crippen LogP contribution in [-0.4, -0.2) is 22.2 Å². The van der Waals surface area contributed by atoms with Gasteiger partial charge < -0.3 is 5.32 Å². The highest BCUT2D eigenvalue weighted by Gasteiger charge is 2.10. The van der Waals surface area contributed by atoms with Gasteiger partial charge in [-0.1, -0.05) is 41.2 Å². The summed E-state index contributed by atoms with van der Waals surface area (Å²) in [5.74, 6) is 0. The summed E-state index contributed by atoms with van der Waals surface area (Å²) in [5.41, 5.74) is 5.36. The van der Waals surface area contributed by atoms with Crippen molar-refractivity contribution >= 4 is 16.5 Å². The molecule has 21 heavy (non-hydrogen) atoms. The van der Waals surface area contributed by atoms with Crippen LogP contribution in [0.5, 0.6) is 0 Å². The van der Waals surface area contributed by atoms with Crippen molar-refractivity contribution in [3.05, 3.63) is 47.7 Å². The smallest absolute Gasteiger partial charge is 0.205 e. The number of benzene rings is 1. The number of aromatic nitrogens is 3. The van der Waals surface area contributed by atoms with Crippen LogP contribution >= 0.6 is 11.3 Å². The first-order valence-electron chi connectivity index (χ1n) is 6.73. The molecule has 0 unspecified atom stereocenters. The average molecular weight is 296 g/mol. The molecule has 1 aromatic carbocycles. The standard InChI is InChI=1S/C16H16N4S/c1-10-4-6-12(7-5-10)14-9-8-13(11(2)18-14)15-19-20-16(17-3)21-15/h4-9H,1-3H3,(H,17,20). The van der Waals surface area contributed by atoms with E-state index < -0.39 is 0 Å². The van der Waals surface area contributed by atoms with Crippen molar-refractivity contribution in [2.75, 3.05) is 12.4 Å². The minimum Gasteiger partial charge on any atom is -0.363 e. The van der Waals surface area contributed by atoms with Gasteiger partial charge in [-0.2, -0.15) is 0 Å². The zero-order valence-corrected chi connectivity index (χ0v) is 13.0. The second-order valence-corrected chi connectivity index (χ2v) is 5.84. The molecule has 2 aromatic heterocycles. The van der Waals surface area contributed by atoms with Crippen LogP contribution in [0.15, 0.2) is 36.4 Å². The molecule has 4 nitrogen and oxygen atoms in total. The largest absolute Gasteiger partial charge is 0.363 e. The molecular weight excluding hydrogens is 280 g/mol. The number of pyridine rings is 1. The Hall–Kier alpha value is -2.27. The number of aryl methyl sites for hydroxylation is 2. The fraction of sp³-hybridized carbons (Fsp3) is 0.188. The van der Waals surface area contributed by atoms with Crippen molar-refractivity contribution in [1.82, 2.24) is 15.2 Å². The topological polar surface area (TPSA) is 50.7 Å². The second-order valence-electron chi connectivity index (χ2n) is 4.86. The zero-order valence-electron chi connectivity index (χ0n) is 12.2. The first kappa shape index (κ1) is 13.7. The summed E-state index contributed by atoms with van der Waals surface area (Å²) in [7, 11) is 1.84. The van der Waals surface area contributed by atoms with Gasteiger partial charge >= 0.3 is 0 Å². The predicted octanol–water partition coefficient (Wildman–Crippen LogP) is 3.93. The molecule has 0 saturated carbocycles. The van der Waals surface area contributed by atoms with Crippen LogP contribution in [0.4, 0.5) is 5.13 Å². The maximum absolute atomic E-state index is 4.70. The maximum Gasteiger partial charge on any atom is 0.205 e. The van der Waals surface area contributed by atoms with Crippen LogP contribution in [0.2, 0.25) is 0 Å². The molecule has 0 aliphatic heterocycles. The lowest BCUT2D eigenvalue weighted by Crippen LogP contribution is -1.91. The molecule has 0 saturated heterocycles. The molecule has 1 N–H and O–H groups in total. The molecule has 2 heterocycles. The Morgan fingerprint density at radius 3 is 2.33 bits per heavy atom. The van der Waals surface area contributed by atoms with Gasteiger partial charge in [-0.15, -0.1) is 10.2 Å². The van der Waals surface area contributed by atoms with Crippen LogP contribution in [-0.2, 0) is 0 Å². The second kappa shape index (κ2) is 5.61. The third kappa shape index (κ3) is 2.78. The highest BCUT2D eigenvalue weighted by Crippen LogP contribution is 2.29. The number of nitrogens with one attached hydrogen (secondary N) is 1. The molecule has 106 valence electrons. The Morgan fingerprint density at radius 1 is 0.952 bits per heavy atom. The predicted molar refractivity (Wildman–Crippen MR) is 87.6 cm³/mol. The lowest BCUT2D eigenvalue weighted by atomic mass is 10.1. The summed E-state index contributed by atoms with van der Waals surface area (Å²) in [4.78, 5) is 4.70. The normalized spacial score (nSPS) is 10.6. The first-order chi connectivity index (χ1) is 10.2. The van der Waals surface area contributed by atoms with Crippen molar-refractivity contribution in [2.45, 2.75) is 13.8 Å². The van der Waals surface area contributed by atoms with Crippen molar-refractivity contribution in [3.63, 3.8) is 0 Å². The van der Waals surface area contributed by atoms with E-state index in [9.17, 15) is 0 Å². The SMILES string of the molecule is CNc1nnc(-c2ccc(-c3ccc(C)cc3)nc2C)s1. The summed E-state index contributed by atoms with van der Waals surface area (Å²) in [6.07, 6.45) is 0. The summed E-state index contributed by atoms with van der Waals surface area (Å²) >= 11 is 1.53. The fourth-order valence-electron chi connectivity index (χ4n) is 2.11. The Balaban J connectivity index is 1.97. The summed E-state index contributed by atoms with van der Waals surface area (Å²) in [6, 6.07) is 12.5. The lowest BCUT2D eigenvalue weighted by molar-refractivity contribution is 1.08. The molecule has 0 aliphatic carbocycles. The van der Waals surface area contributed by atoms with Crippen molar-refractivity contribution in [3.8, 4) is 21.8 Å². The van der Waals surface area contributed by atoms with Gasteiger partial charge in [-0.3, -0.25) is 4.98 Å². The molecule has 0 amide bonds. The minimum absolute atomic E-state index is 0.812. The Morgan fingerprint density at radius 2 is 1.71 bits per heavy atom. The van der Waals surface area contributed by atoms with Gasteiger partial charge in [0.1, 0.15) is 0 Å². The van der Waals surface area contributed by atoms with E-state index in [1.54, 1.807) is 0 Å². The first-order valence-corrected chi connectivity index (χ1v) is 7.55. The molecule has 0 bridgehead atoms. The molecule has 0 atom stereocenters. The van der Waals surface area contributed by atoms with Gasteiger partial charge in [-0.25, -0.2) is 0 Å². The van der Waals surface area contributed by atoms with Gasteiger partial charge in [0.2, 0.25) is 5.13 Å². The number of anilines is 1. The van der Waals surface area contributed by atoms with Crippen LogP contribution in [0, 0.1) is 13.8 Å². The van der Waals surface area contributed by atoms with E-state index in [0.29, 0.717) is 0 Å².